The molecular formula is C12H15NO3. The van der Waals surface area contributed by atoms with Crippen LogP contribution in [0.3, 0.4) is 0 Å². The second-order valence-corrected chi connectivity index (χ2v) is 3.84. The molecule has 0 bridgehead atoms. The number of aliphatic hydroxyl groups excluding tert-OH is 1. The van der Waals surface area contributed by atoms with E-state index in [1.165, 1.54) is 7.11 Å². The monoisotopic (exact) mass is 221 g/mol. The molecule has 0 radical (unpaired) electrons. The first-order chi connectivity index (χ1) is 7.77. The largest absolute Gasteiger partial charge is 0.468 e. The van der Waals surface area contributed by atoms with Crippen molar-refractivity contribution in [3.8, 4) is 0 Å². The Morgan fingerprint density at radius 2 is 2.25 bits per heavy atom. The van der Waals surface area contributed by atoms with Crippen molar-refractivity contribution in [3.63, 3.8) is 0 Å². The average molecular weight is 221 g/mol. The van der Waals surface area contributed by atoms with Crippen LogP contribution in [0.1, 0.15) is 11.6 Å². The van der Waals surface area contributed by atoms with Crippen LogP contribution in [0.5, 0.6) is 0 Å². The minimum absolute atomic E-state index is 0.0114. The lowest BCUT2D eigenvalue weighted by Gasteiger charge is -2.16. The summed E-state index contributed by atoms with van der Waals surface area (Å²) in [7, 11) is 1.38. The summed E-state index contributed by atoms with van der Waals surface area (Å²) in [6, 6.07) is 9.38. The van der Waals surface area contributed by atoms with Gasteiger partial charge in [0.25, 0.3) is 0 Å². The van der Waals surface area contributed by atoms with Crippen molar-refractivity contribution in [2.75, 3.05) is 20.3 Å². The first-order valence-corrected chi connectivity index (χ1v) is 5.27. The van der Waals surface area contributed by atoms with Crippen molar-refractivity contribution in [2.24, 2.45) is 0 Å². The van der Waals surface area contributed by atoms with Gasteiger partial charge in [0.2, 0.25) is 0 Å². The zero-order valence-electron chi connectivity index (χ0n) is 9.17. The summed E-state index contributed by atoms with van der Waals surface area (Å²) in [6.45, 7) is 0.671. The van der Waals surface area contributed by atoms with Gasteiger partial charge in [-0.25, -0.2) is 0 Å². The molecule has 1 N–H and O–H groups in total. The van der Waals surface area contributed by atoms with Gasteiger partial charge in [-0.2, -0.15) is 0 Å². The molecule has 0 aromatic heterocycles. The third-order valence-corrected chi connectivity index (χ3v) is 2.88. The number of methoxy groups -OCH3 is 1. The number of ether oxygens (including phenoxy) is 1. The van der Waals surface area contributed by atoms with Crippen LogP contribution in [0.25, 0.3) is 0 Å². The molecule has 0 saturated carbocycles. The number of nitrogens with zero attached hydrogens (tertiary/aromatic N) is 1. The van der Waals surface area contributed by atoms with Gasteiger partial charge in [0, 0.05) is 6.54 Å². The Balaban J connectivity index is 2.06. The number of carbonyl (C=O) groups is 1. The highest BCUT2D eigenvalue weighted by atomic mass is 16.5. The Labute approximate surface area is 94.4 Å². The Kier molecular flexibility index (Phi) is 3.22. The van der Waals surface area contributed by atoms with Crippen LogP contribution in [0.15, 0.2) is 30.3 Å². The maximum absolute atomic E-state index is 11.3. The molecule has 4 heteroatoms. The molecule has 0 amide bonds. The molecule has 1 aromatic carbocycles. The van der Waals surface area contributed by atoms with Gasteiger partial charge in [-0.15, -0.1) is 0 Å². The number of carbonyl (C=O) groups excluding carboxylic acids is 1. The minimum Gasteiger partial charge on any atom is -0.468 e. The quantitative estimate of drug-likeness (QED) is 0.597. The Hall–Kier alpha value is -1.39. The SMILES string of the molecule is COC(=O)[C@H]1CN1[C@@H](CO)c1ccccc1. The van der Waals surface area contributed by atoms with E-state index in [0.717, 1.165) is 5.56 Å². The van der Waals surface area contributed by atoms with E-state index in [-0.39, 0.29) is 24.7 Å². The summed E-state index contributed by atoms with van der Waals surface area (Å²) in [5.74, 6) is -0.227. The van der Waals surface area contributed by atoms with Crippen molar-refractivity contribution in [1.82, 2.24) is 4.90 Å². The van der Waals surface area contributed by atoms with Gasteiger partial charge in [0.15, 0.2) is 0 Å². The third kappa shape index (κ3) is 2.08. The molecule has 1 unspecified atom stereocenters. The molecule has 4 nitrogen and oxygen atoms in total. The Morgan fingerprint density at radius 1 is 1.56 bits per heavy atom. The standard InChI is InChI=1S/C12H15NO3/c1-16-12(15)10-7-13(10)11(8-14)9-5-3-2-4-6-9/h2-6,10-11,14H,7-8H2,1H3/t10-,11+,13?/m1/s1. The van der Waals surface area contributed by atoms with Gasteiger partial charge in [0.1, 0.15) is 6.04 Å². The van der Waals surface area contributed by atoms with Gasteiger partial charge in [0.05, 0.1) is 19.8 Å². The normalized spacial score (nSPS) is 24.9. The van der Waals surface area contributed by atoms with Crippen molar-refractivity contribution < 1.29 is 14.6 Å². The van der Waals surface area contributed by atoms with Gasteiger partial charge >= 0.3 is 5.97 Å². The first-order valence-electron chi connectivity index (χ1n) is 5.27. The van der Waals surface area contributed by atoms with E-state index in [4.69, 9.17) is 0 Å². The molecule has 1 saturated heterocycles. The Bertz CT molecular complexity index is 366. The molecule has 2 rings (SSSR count). The maximum atomic E-state index is 11.3. The fourth-order valence-corrected chi connectivity index (χ4v) is 1.92. The molecule has 1 fully saturated rings. The molecule has 1 aromatic rings. The van der Waals surface area contributed by atoms with Crippen LogP contribution in [0, 0.1) is 0 Å². The van der Waals surface area contributed by atoms with E-state index in [1.807, 2.05) is 35.2 Å². The summed E-state index contributed by atoms with van der Waals surface area (Å²) in [4.78, 5) is 13.2. The predicted molar refractivity (Wildman–Crippen MR) is 58.8 cm³/mol. The lowest BCUT2D eigenvalue weighted by atomic mass is 10.1. The molecule has 1 aliphatic heterocycles. The lowest BCUT2D eigenvalue weighted by molar-refractivity contribution is -0.141. The van der Waals surface area contributed by atoms with Crippen LogP contribution in [0.4, 0.5) is 0 Å². The van der Waals surface area contributed by atoms with E-state index in [1.54, 1.807) is 0 Å². The van der Waals surface area contributed by atoms with E-state index >= 15 is 0 Å². The fraction of sp³-hybridized carbons (Fsp3) is 0.417. The molecule has 16 heavy (non-hydrogen) atoms. The van der Waals surface area contributed by atoms with E-state index < -0.39 is 0 Å². The van der Waals surface area contributed by atoms with E-state index in [2.05, 4.69) is 4.74 Å². The average Bonchev–Trinajstić information content (AvgIpc) is 3.11. The minimum atomic E-state index is -0.227. The van der Waals surface area contributed by atoms with Crippen molar-refractivity contribution >= 4 is 5.97 Å². The second kappa shape index (κ2) is 4.63. The van der Waals surface area contributed by atoms with Crippen LogP contribution in [-0.4, -0.2) is 42.3 Å². The highest BCUT2D eigenvalue weighted by Crippen LogP contribution is 2.32. The number of hydrogen-bond donors (Lipinski definition) is 1. The summed E-state index contributed by atoms with van der Waals surface area (Å²) < 4.78 is 4.67. The van der Waals surface area contributed by atoms with Crippen molar-refractivity contribution in [2.45, 2.75) is 12.1 Å². The lowest BCUT2D eigenvalue weighted by Crippen LogP contribution is -2.21. The molecule has 1 aliphatic rings. The second-order valence-electron chi connectivity index (χ2n) is 3.84. The van der Waals surface area contributed by atoms with Crippen molar-refractivity contribution in [3.05, 3.63) is 35.9 Å². The number of hydrogen-bond acceptors (Lipinski definition) is 4. The van der Waals surface area contributed by atoms with Crippen LogP contribution in [0.2, 0.25) is 0 Å². The zero-order chi connectivity index (χ0) is 11.5. The van der Waals surface area contributed by atoms with Crippen LogP contribution >= 0.6 is 0 Å². The highest BCUT2D eigenvalue weighted by molar-refractivity contribution is 5.79. The van der Waals surface area contributed by atoms with Gasteiger partial charge in [-0.3, -0.25) is 9.69 Å². The zero-order valence-corrected chi connectivity index (χ0v) is 9.17. The predicted octanol–water partition coefficient (Wildman–Crippen LogP) is 0.577. The fourth-order valence-electron chi connectivity index (χ4n) is 1.92. The molecule has 0 spiro atoms. The van der Waals surface area contributed by atoms with Crippen LogP contribution in [-0.2, 0) is 9.53 Å². The number of benzene rings is 1. The topological polar surface area (TPSA) is 49.5 Å². The summed E-state index contributed by atoms with van der Waals surface area (Å²) >= 11 is 0. The molecule has 3 atom stereocenters. The summed E-state index contributed by atoms with van der Waals surface area (Å²) in [6.07, 6.45) is 0. The van der Waals surface area contributed by atoms with Gasteiger partial charge in [-0.05, 0) is 5.56 Å². The van der Waals surface area contributed by atoms with Crippen LogP contribution < -0.4 is 0 Å². The smallest absolute Gasteiger partial charge is 0.324 e. The van der Waals surface area contributed by atoms with Gasteiger partial charge in [-0.1, -0.05) is 30.3 Å². The molecule has 1 heterocycles. The molecule has 0 aliphatic carbocycles. The third-order valence-electron chi connectivity index (χ3n) is 2.88. The highest BCUT2D eigenvalue weighted by Gasteiger charge is 2.45. The van der Waals surface area contributed by atoms with Crippen molar-refractivity contribution in [1.29, 1.82) is 0 Å². The Morgan fingerprint density at radius 3 is 2.81 bits per heavy atom. The maximum Gasteiger partial charge on any atom is 0.324 e. The van der Waals surface area contributed by atoms with Gasteiger partial charge < -0.3 is 9.84 Å². The summed E-state index contributed by atoms with van der Waals surface area (Å²) in [5.41, 5.74) is 1.02. The number of aliphatic hydroxyl groups is 1. The molecule has 86 valence electrons. The number of esters is 1. The first kappa shape index (κ1) is 11.1. The van der Waals surface area contributed by atoms with E-state index in [0.29, 0.717) is 6.54 Å². The van der Waals surface area contributed by atoms with E-state index in [9.17, 15) is 9.90 Å². The molecular weight excluding hydrogens is 206 g/mol. The summed E-state index contributed by atoms with van der Waals surface area (Å²) in [5, 5.41) is 9.37. The number of rotatable bonds is 4.